The van der Waals surface area contributed by atoms with Crippen molar-refractivity contribution in [3.05, 3.63) is 58.0 Å². The molecule has 1 atom stereocenters. The number of furan rings is 1. The van der Waals surface area contributed by atoms with Gasteiger partial charge in [-0.15, -0.1) is 0 Å². The van der Waals surface area contributed by atoms with E-state index in [1.165, 1.54) is 6.07 Å². The molecule has 0 saturated carbocycles. The van der Waals surface area contributed by atoms with E-state index in [4.69, 9.17) is 4.42 Å². The number of nitro benzene ring substituents is 1. The Hall–Kier alpha value is -2.87. The minimum absolute atomic E-state index is 0.0182. The average molecular weight is 387 g/mol. The van der Waals surface area contributed by atoms with E-state index in [9.17, 15) is 14.9 Å². The summed E-state index contributed by atoms with van der Waals surface area (Å²) in [6, 6.07) is 8.39. The Kier molecular flexibility index (Phi) is 6.30. The van der Waals surface area contributed by atoms with Crippen LogP contribution in [0.5, 0.6) is 0 Å². The molecule has 2 aromatic rings. The number of carbonyl (C=O) groups excluding carboxylic acids is 1. The van der Waals surface area contributed by atoms with Crippen LogP contribution in [0.15, 0.2) is 41.0 Å². The summed E-state index contributed by atoms with van der Waals surface area (Å²) >= 11 is 0. The van der Waals surface area contributed by atoms with Crippen LogP contribution in [-0.4, -0.2) is 44.6 Å². The zero-order valence-electron chi connectivity index (χ0n) is 16.3. The van der Waals surface area contributed by atoms with Gasteiger partial charge < -0.3 is 19.5 Å². The Labute approximate surface area is 164 Å². The third-order valence-corrected chi connectivity index (χ3v) is 5.18. The average Bonchev–Trinajstić information content (AvgIpc) is 3.22. The van der Waals surface area contributed by atoms with Crippen LogP contribution in [0.4, 0.5) is 11.4 Å². The molecule has 0 bridgehead atoms. The molecule has 0 spiro atoms. The molecule has 1 fully saturated rings. The van der Waals surface area contributed by atoms with E-state index in [0.717, 1.165) is 43.0 Å². The molecule has 1 saturated heterocycles. The highest BCUT2D eigenvalue weighted by Gasteiger charge is 2.25. The van der Waals surface area contributed by atoms with Crippen LogP contribution in [0.2, 0.25) is 0 Å². The van der Waals surface area contributed by atoms with Gasteiger partial charge in [0.05, 0.1) is 31.8 Å². The Morgan fingerprint density at radius 1 is 1.29 bits per heavy atom. The first-order valence-corrected chi connectivity index (χ1v) is 9.62. The van der Waals surface area contributed by atoms with Crippen LogP contribution in [0.25, 0.3) is 0 Å². The van der Waals surface area contributed by atoms with Crippen LogP contribution in [0, 0.1) is 10.1 Å². The fraction of sp³-hybridized carbons (Fsp3) is 0.450. The number of amides is 1. The van der Waals surface area contributed by atoms with Crippen molar-refractivity contribution in [3.63, 3.8) is 0 Å². The van der Waals surface area contributed by atoms with Crippen molar-refractivity contribution in [2.45, 2.75) is 25.3 Å². The number of likely N-dealkylation sites (N-methyl/N-ethyl adjacent to an activating group) is 1. The maximum absolute atomic E-state index is 12.6. The SMILES string of the molecule is C[NH+](C)[C@@H](CNC(=O)c1ccc(N2CCCCC2)c([N+](=O)[O-])c1)c1ccco1. The minimum Gasteiger partial charge on any atom is -0.463 e. The number of hydrogen-bond acceptors (Lipinski definition) is 5. The number of hydrogen-bond donors (Lipinski definition) is 2. The van der Waals surface area contributed by atoms with E-state index in [1.807, 2.05) is 31.1 Å². The van der Waals surface area contributed by atoms with E-state index < -0.39 is 4.92 Å². The molecule has 1 aromatic carbocycles. The Morgan fingerprint density at radius 3 is 2.64 bits per heavy atom. The number of rotatable bonds is 7. The van der Waals surface area contributed by atoms with Crippen LogP contribution >= 0.6 is 0 Å². The number of anilines is 1. The van der Waals surface area contributed by atoms with E-state index in [0.29, 0.717) is 17.8 Å². The first-order chi connectivity index (χ1) is 13.5. The fourth-order valence-corrected chi connectivity index (χ4v) is 3.59. The smallest absolute Gasteiger partial charge is 0.293 e. The predicted octanol–water partition coefficient (Wildman–Crippen LogP) is 1.79. The Morgan fingerprint density at radius 2 is 2.04 bits per heavy atom. The number of benzene rings is 1. The number of nitrogens with one attached hydrogen (secondary N) is 2. The molecule has 1 amide bonds. The highest BCUT2D eigenvalue weighted by Crippen LogP contribution is 2.31. The molecule has 1 aromatic heterocycles. The highest BCUT2D eigenvalue weighted by molar-refractivity contribution is 5.95. The third kappa shape index (κ3) is 4.51. The van der Waals surface area contributed by atoms with Crippen LogP contribution in [0.3, 0.4) is 0 Å². The van der Waals surface area contributed by atoms with Gasteiger partial charge in [-0.25, -0.2) is 0 Å². The molecule has 8 heteroatoms. The maximum Gasteiger partial charge on any atom is 0.293 e. The summed E-state index contributed by atoms with van der Waals surface area (Å²) in [6.45, 7) is 1.99. The van der Waals surface area contributed by atoms with Gasteiger partial charge in [0, 0.05) is 24.7 Å². The first kappa shape index (κ1) is 19.9. The summed E-state index contributed by atoms with van der Waals surface area (Å²) in [6.07, 6.45) is 4.81. The lowest BCUT2D eigenvalue weighted by molar-refractivity contribution is -0.891. The molecule has 0 aliphatic carbocycles. The number of piperidine rings is 1. The van der Waals surface area contributed by atoms with Gasteiger partial charge in [-0.05, 0) is 43.5 Å². The van der Waals surface area contributed by atoms with Gasteiger partial charge >= 0.3 is 0 Å². The van der Waals surface area contributed by atoms with Gasteiger partial charge in [0.1, 0.15) is 5.69 Å². The summed E-state index contributed by atoms with van der Waals surface area (Å²) in [5.74, 6) is 0.456. The van der Waals surface area contributed by atoms with Crippen LogP contribution < -0.4 is 15.1 Å². The topological polar surface area (TPSA) is 93.1 Å². The van der Waals surface area contributed by atoms with Gasteiger partial charge in [-0.3, -0.25) is 14.9 Å². The van der Waals surface area contributed by atoms with Crippen LogP contribution in [0.1, 0.15) is 41.4 Å². The molecule has 150 valence electrons. The van der Waals surface area contributed by atoms with Gasteiger partial charge in [-0.2, -0.15) is 0 Å². The van der Waals surface area contributed by atoms with E-state index in [-0.39, 0.29) is 17.6 Å². The summed E-state index contributed by atoms with van der Waals surface area (Å²) < 4.78 is 5.46. The molecule has 0 unspecified atom stereocenters. The van der Waals surface area contributed by atoms with Crippen molar-refractivity contribution in [1.29, 1.82) is 0 Å². The van der Waals surface area contributed by atoms with Gasteiger partial charge in [0.2, 0.25) is 0 Å². The molecular formula is C20H27N4O4+. The molecule has 1 aliphatic heterocycles. The van der Waals surface area contributed by atoms with E-state index in [1.54, 1.807) is 18.4 Å². The Bertz CT molecular complexity index is 814. The number of nitro groups is 1. The van der Waals surface area contributed by atoms with Crippen molar-refractivity contribution in [2.24, 2.45) is 0 Å². The van der Waals surface area contributed by atoms with Gasteiger partial charge in [-0.1, -0.05) is 0 Å². The largest absolute Gasteiger partial charge is 0.463 e. The fourth-order valence-electron chi connectivity index (χ4n) is 3.59. The van der Waals surface area contributed by atoms with E-state index >= 15 is 0 Å². The molecule has 2 N–H and O–H groups in total. The molecule has 3 rings (SSSR count). The number of quaternary nitrogens is 1. The van der Waals surface area contributed by atoms with Crippen molar-refractivity contribution in [1.82, 2.24) is 5.32 Å². The number of carbonyl (C=O) groups is 1. The van der Waals surface area contributed by atoms with Crippen molar-refractivity contribution < 1.29 is 19.0 Å². The molecule has 28 heavy (non-hydrogen) atoms. The lowest BCUT2D eigenvalue weighted by atomic mass is 10.1. The summed E-state index contributed by atoms with van der Waals surface area (Å²) in [7, 11) is 3.97. The second-order valence-corrected chi connectivity index (χ2v) is 7.36. The zero-order valence-corrected chi connectivity index (χ0v) is 16.3. The highest BCUT2D eigenvalue weighted by atomic mass is 16.6. The van der Waals surface area contributed by atoms with Crippen molar-refractivity contribution in [3.8, 4) is 0 Å². The minimum atomic E-state index is -0.406. The molecule has 8 nitrogen and oxygen atoms in total. The zero-order chi connectivity index (χ0) is 20.1. The third-order valence-electron chi connectivity index (χ3n) is 5.18. The van der Waals surface area contributed by atoms with Gasteiger partial charge in [0.15, 0.2) is 11.8 Å². The molecule has 1 aliphatic rings. The van der Waals surface area contributed by atoms with Crippen molar-refractivity contribution >= 4 is 17.3 Å². The van der Waals surface area contributed by atoms with Gasteiger partial charge in [0.25, 0.3) is 11.6 Å². The summed E-state index contributed by atoms with van der Waals surface area (Å²) in [5.41, 5.74) is 0.863. The molecule has 2 heterocycles. The molecular weight excluding hydrogens is 360 g/mol. The predicted molar refractivity (Wildman–Crippen MR) is 106 cm³/mol. The molecule has 0 radical (unpaired) electrons. The normalized spacial score (nSPS) is 15.5. The second kappa shape index (κ2) is 8.88. The van der Waals surface area contributed by atoms with Crippen LogP contribution in [-0.2, 0) is 0 Å². The summed E-state index contributed by atoms with van der Waals surface area (Å²) in [4.78, 5) is 26.9. The monoisotopic (exact) mass is 387 g/mol. The quantitative estimate of drug-likeness (QED) is 0.558. The summed E-state index contributed by atoms with van der Waals surface area (Å²) in [5, 5.41) is 14.5. The Balaban J connectivity index is 1.74. The number of nitrogens with zero attached hydrogens (tertiary/aromatic N) is 2. The lowest BCUT2D eigenvalue weighted by Gasteiger charge is -2.28. The lowest BCUT2D eigenvalue weighted by Crippen LogP contribution is -3.07. The second-order valence-electron chi connectivity index (χ2n) is 7.36. The van der Waals surface area contributed by atoms with Crippen molar-refractivity contribution in [2.75, 3.05) is 38.6 Å². The van der Waals surface area contributed by atoms with E-state index in [2.05, 4.69) is 5.32 Å². The maximum atomic E-state index is 12.6. The first-order valence-electron chi connectivity index (χ1n) is 9.62. The standard InChI is InChI=1S/C20H26N4O4/c1-22(2)18(19-7-6-12-28-19)14-21-20(25)15-8-9-16(17(13-15)24(26)27)23-10-4-3-5-11-23/h6-9,12-13,18H,3-5,10-11,14H2,1-2H3,(H,21,25)/p+1/t18-/m0/s1.